The number of nitrogens with one attached hydrogen (secondary N) is 1. The fourth-order valence-electron chi connectivity index (χ4n) is 3.14. The van der Waals surface area contributed by atoms with Crippen LogP contribution in [0.1, 0.15) is 21.4 Å². The van der Waals surface area contributed by atoms with Crippen molar-refractivity contribution in [2.75, 3.05) is 18.1 Å². The van der Waals surface area contributed by atoms with Crippen molar-refractivity contribution in [2.24, 2.45) is 5.10 Å². The van der Waals surface area contributed by atoms with Gasteiger partial charge in [0, 0.05) is 23.4 Å². The predicted molar refractivity (Wildman–Crippen MR) is 126 cm³/mol. The second-order valence-corrected chi connectivity index (χ2v) is 9.59. The first-order valence-corrected chi connectivity index (χ1v) is 11.8. The van der Waals surface area contributed by atoms with Crippen molar-refractivity contribution >= 4 is 35.6 Å². The van der Waals surface area contributed by atoms with Crippen molar-refractivity contribution in [2.45, 2.75) is 11.5 Å². The van der Waals surface area contributed by atoms with Gasteiger partial charge >= 0.3 is 0 Å². The van der Waals surface area contributed by atoms with Crippen LogP contribution in [0.25, 0.3) is 5.69 Å². The van der Waals surface area contributed by atoms with Crippen LogP contribution >= 0.6 is 23.5 Å². The molecule has 1 N–H and O–H groups in total. The summed E-state index contributed by atoms with van der Waals surface area (Å²) in [4.78, 5) is 12.1. The van der Waals surface area contributed by atoms with Gasteiger partial charge in [0.1, 0.15) is 5.75 Å². The Morgan fingerprint density at radius 1 is 1.17 bits per heavy atom. The molecule has 5 nitrogen and oxygen atoms in total. The number of hydrogen-bond donors (Lipinski definition) is 1. The van der Waals surface area contributed by atoms with Crippen LogP contribution in [0, 0.1) is 6.92 Å². The van der Waals surface area contributed by atoms with E-state index in [2.05, 4.69) is 41.7 Å². The minimum atomic E-state index is -0.300. The van der Waals surface area contributed by atoms with Crippen molar-refractivity contribution in [1.29, 1.82) is 0 Å². The number of hydrogen-bond acceptors (Lipinski definition) is 5. The van der Waals surface area contributed by atoms with E-state index in [-0.39, 0.29) is 12.5 Å². The highest BCUT2D eigenvalue weighted by Gasteiger charge is 2.17. The third kappa shape index (κ3) is 5.29. The molecular formula is C23H23N3O2S2. The second kappa shape index (κ2) is 9.91. The Hall–Kier alpha value is -2.64. The second-order valence-electron chi connectivity index (χ2n) is 6.87. The Morgan fingerprint density at radius 3 is 2.73 bits per heavy atom. The lowest BCUT2D eigenvalue weighted by Crippen LogP contribution is -2.24. The first-order chi connectivity index (χ1) is 14.7. The first-order valence-electron chi connectivity index (χ1n) is 9.71. The minimum Gasteiger partial charge on any atom is -0.484 e. The fourth-order valence-corrected chi connectivity index (χ4v) is 6.00. The smallest absolute Gasteiger partial charge is 0.277 e. The van der Waals surface area contributed by atoms with Crippen LogP contribution in [0.5, 0.6) is 5.75 Å². The molecule has 30 heavy (non-hydrogen) atoms. The highest BCUT2D eigenvalue weighted by atomic mass is 32.2. The first kappa shape index (κ1) is 20.6. The molecule has 154 valence electrons. The van der Waals surface area contributed by atoms with Crippen molar-refractivity contribution in [3.8, 4) is 11.4 Å². The molecule has 1 amide bonds. The largest absolute Gasteiger partial charge is 0.484 e. The molecule has 0 bridgehead atoms. The lowest BCUT2D eigenvalue weighted by atomic mass is 10.2. The average Bonchev–Trinajstić information content (AvgIpc) is 3.45. The molecule has 0 aliphatic carbocycles. The molecule has 1 aliphatic rings. The maximum atomic E-state index is 12.1. The number of aromatic nitrogens is 1. The van der Waals surface area contributed by atoms with E-state index in [1.54, 1.807) is 6.21 Å². The Kier molecular flexibility index (Phi) is 6.81. The zero-order valence-corrected chi connectivity index (χ0v) is 18.3. The summed E-state index contributed by atoms with van der Waals surface area (Å²) in [6.07, 6.45) is 3.60. The van der Waals surface area contributed by atoms with E-state index in [1.807, 2.05) is 70.7 Å². The normalized spacial score (nSPS) is 14.3. The zero-order valence-electron chi connectivity index (χ0n) is 16.7. The summed E-state index contributed by atoms with van der Waals surface area (Å²) < 4.78 is 8.10. The average molecular weight is 438 g/mol. The SMILES string of the molecule is Cc1cccc(-n2cccc2/C=N\NC(=O)COc2ccc(C3SCCS3)cc2)c1. The molecule has 4 rings (SSSR count). The number of nitrogens with zero attached hydrogens (tertiary/aromatic N) is 2. The van der Waals surface area contributed by atoms with Crippen molar-refractivity contribution < 1.29 is 9.53 Å². The Morgan fingerprint density at radius 2 is 1.97 bits per heavy atom. The third-order valence-corrected chi connectivity index (χ3v) is 7.69. The summed E-state index contributed by atoms with van der Waals surface area (Å²) >= 11 is 3.94. The lowest BCUT2D eigenvalue weighted by Gasteiger charge is -2.10. The van der Waals surface area contributed by atoms with Crippen LogP contribution in [0.2, 0.25) is 0 Å². The number of aryl methyl sites for hydroxylation is 1. The highest BCUT2D eigenvalue weighted by Crippen LogP contribution is 2.45. The molecule has 0 radical (unpaired) electrons. The van der Waals surface area contributed by atoms with Crippen LogP contribution < -0.4 is 10.2 Å². The number of hydrazone groups is 1. The van der Waals surface area contributed by atoms with Gasteiger partial charge in [0.15, 0.2) is 6.61 Å². The lowest BCUT2D eigenvalue weighted by molar-refractivity contribution is -0.123. The summed E-state index contributed by atoms with van der Waals surface area (Å²) in [5.41, 5.74) is 6.92. The molecule has 2 heterocycles. The van der Waals surface area contributed by atoms with Gasteiger partial charge in [-0.3, -0.25) is 4.79 Å². The summed E-state index contributed by atoms with van der Waals surface area (Å²) in [5.74, 6) is 2.78. The molecular weight excluding hydrogens is 414 g/mol. The van der Waals surface area contributed by atoms with Gasteiger partial charge in [-0.15, -0.1) is 23.5 Å². The van der Waals surface area contributed by atoms with Crippen molar-refractivity contribution in [3.05, 3.63) is 83.7 Å². The Bertz CT molecular complexity index is 1020. The van der Waals surface area contributed by atoms with Gasteiger partial charge in [-0.25, -0.2) is 5.43 Å². The molecule has 0 spiro atoms. The number of ether oxygens (including phenoxy) is 1. The molecule has 1 aliphatic heterocycles. The zero-order chi connectivity index (χ0) is 20.8. The molecule has 0 saturated carbocycles. The van der Waals surface area contributed by atoms with E-state index in [1.165, 1.54) is 22.6 Å². The maximum Gasteiger partial charge on any atom is 0.277 e. The molecule has 3 aromatic rings. The molecule has 7 heteroatoms. The van der Waals surface area contributed by atoms with E-state index in [4.69, 9.17) is 4.74 Å². The highest BCUT2D eigenvalue weighted by molar-refractivity contribution is 8.19. The fraction of sp³-hybridized carbons (Fsp3) is 0.217. The number of benzene rings is 2. The Balaban J connectivity index is 1.28. The molecule has 1 saturated heterocycles. The molecule has 2 aromatic carbocycles. The van der Waals surface area contributed by atoms with E-state index >= 15 is 0 Å². The quantitative estimate of drug-likeness (QED) is 0.426. The predicted octanol–water partition coefficient (Wildman–Crippen LogP) is 4.79. The van der Waals surface area contributed by atoms with Gasteiger partial charge in [0.2, 0.25) is 0 Å². The molecule has 0 unspecified atom stereocenters. The van der Waals surface area contributed by atoms with Crippen LogP contribution in [0.15, 0.2) is 72.0 Å². The van der Waals surface area contributed by atoms with E-state index in [0.717, 1.165) is 11.4 Å². The molecule has 1 aromatic heterocycles. The standard InChI is InChI=1S/C23H23N3O2S2/c1-17-4-2-5-19(14-17)26-11-3-6-20(26)15-24-25-22(27)16-28-21-9-7-18(8-10-21)23-29-12-13-30-23/h2-11,14-15,23H,12-13,16H2,1H3,(H,25,27)/b24-15-. The maximum absolute atomic E-state index is 12.1. The number of carbonyl (C=O) groups excluding carboxylic acids is 1. The van der Waals surface area contributed by atoms with Gasteiger partial charge in [-0.1, -0.05) is 24.3 Å². The number of rotatable bonds is 7. The number of carbonyl (C=O) groups is 1. The van der Waals surface area contributed by atoms with Gasteiger partial charge < -0.3 is 9.30 Å². The third-order valence-electron chi connectivity index (χ3n) is 4.59. The van der Waals surface area contributed by atoms with Crippen LogP contribution in [-0.4, -0.2) is 34.8 Å². The summed E-state index contributed by atoms with van der Waals surface area (Å²) in [7, 11) is 0. The monoisotopic (exact) mass is 437 g/mol. The van der Waals surface area contributed by atoms with Crippen LogP contribution in [-0.2, 0) is 4.79 Å². The summed E-state index contributed by atoms with van der Waals surface area (Å²) in [6.45, 7) is 1.98. The van der Waals surface area contributed by atoms with Gasteiger partial charge in [0.25, 0.3) is 5.91 Å². The van der Waals surface area contributed by atoms with Crippen LogP contribution in [0.3, 0.4) is 0 Å². The topological polar surface area (TPSA) is 55.6 Å². The number of amides is 1. The van der Waals surface area contributed by atoms with Gasteiger partial charge in [-0.2, -0.15) is 5.10 Å². The molecule has 0 atom stereocenters. The molecule has 1 fully saturated rings. The van der Waals surface area contributed by atoms with E-state index in [9.17, 15) is 4.79 Å². The Labute approximate surface area is 184 Å². The minimum absolute atomic E-state index is 0.0808. The van der Waals surface area contributed by atoms with E-state index in [0.29, 0.717) is 10.3 Å². The number of thioether (sulfide) groups is 2. The summed E-state index contributed by atoms with van der Waals surface area (Å²) in [5, 5.41) is 4.07. The van der Waals surface area contributed by atoms with Gasteiger partial charge in [0.05, 0.1) is 16.5 Å². The van der Waals surface area contributed by atoms with Crippen molar-refractivity contribution in [3.63, 3.8) is 0 Å². The van der Waals surface area contributed by atoms with Gasteiger partial charge in [-0.05, 0) is 54.4 Å². The summed E-state index contributed by atoms with van der Waals surface area (Å²) in [6, 6.07) is 20.1. The van der Waals surface area contributed by atoms with E-state index < -0.39 is 0 Å². The van der Waals surface area contributed by atoms with Crippen molar-refractivity contribution in [1.82, 2.24) is 9.99 Å². The van der Waals surface area contributed by atoms with Crippen LogP contribution in [0.4, 0.5) is 0 Å².